The first kappa shape index (κ1) is 20.5. The number of hydrogen-bond donors (Lipinski definition) is 1. The van der Waals surface area contributed by atoms with Crippen LogP contribution in [0, 0.1) is 19.3 Å². The molecule has 0 saturated carbocycles. The highest BCUT2D eigenvalue weighted by atomic mass is 16.5. The zero-order valence-corrected chi connectivity index (χ0v) is 16.2. The minimum atomic E-state index is -1.02. The number of ether oxygens (including phenoxy) is 2. The molecule has 2 aromatic carbocycles. The summed E-state index contributed by atoms with van der Waals surface area (Å²) in [5.41, 5.74) is 1.71. The van der Waals surface area contributed by atoms with Crippen molar-refractivity contribution in [2.75, 3.05) is 6.61 Å². The van der Waals surface area contributed by atoms with E-state index in [1.807, 2.05) is 45.9 Å². The van der Waals surface area contributed by atoms with Crippen molar-refractivity contribution in [3.8, 4) is 11.5 Å². The Bertz CT molecular complexity index is 806. The van der Waals surface area contributed by atoms with E-state index < -0.39 is 11.4 Å². The highest BCUT2D eigenvalue weighted by molar-refractivity contribution is 5.87. The van der Waals surface area contributed by atoms with Crippen LogP contribution >= 0.6 is 0 Å². The fourth-order valence-electron chi connectivity index (χ4n) is 2.57. The minimum Gasteiger partial charge on any atom is -0.493 e. The molecule has 27 heavy (non-hydrogen) atoms. The van der Waals surface area contributed by atoms with Crippen LogP contribution in [0.2, 0.25) is 0 Å². The van der Waals surface area contributed by atoms with Gasteiger partial charge in [0.2, 0.25) is 0 Å². The van der Waals surface area contributed by atoms with Gasteiger partial charge in [-0.3, -0.25) is 4.79 Å². The normalized spacial score (nSPS) is 11.1. The number of carbonyl (C=O) groups is 2. The predicted octanol–water partition coefficient (Wildman–Crippen LogP) is 4.79. The standard InChI is InChI=1S/C22H26O5/c1-15-6-7-16(2)19(14-15)26-13-5-12-22(3,4)21(25)27-18-10-8-17(9-11-18)20(23)24/h6-11,14H,5,12-13H2,1-4H3,(H,23,24). The summed E-state index contributed by atoms with van der Waals surface area (Å²) in [6.07, 6.45) is 1.33. The second kappa shape index (κ2) is 8.71. The van der Waals surface area contributed by atoms with E-state index in [1.54, 1.807) is 0 Å². The Kier molecular flexibility index (Phi) is 6.61. The van der Waals surface area contributed by atoms with Crippen LogP contribution in [0.5, 0.6) is 11.5 Å². The van der Waals surface area contributed by atoms with Crippen LogP contribution in [0.25, 0.3) is 0 Å². The summed E-state index contributed by atoms with van der Waals surface area (Å²) < 4.78 is 11.2. The smallest absolute Gasteiger partial charge is 0.335 e. The maximum absolute atomic E-state index is 12.4. The lowest BCUT2D eigenvalue weighted by Gasteiger charge is -2.22. The van der Waals surface area contributed by atoms with Gasteiger partial charge in [0.15, 0.2) is 0 Å². The summed E-state index contributed by atoms with van der Waals surface area (Å²) in [4.78, 5) is 23.3. The molecule has 0 radical (unpaired) electrons. The number of carboxylic acids is 1. The van der Waals surface area contributed by atoms with Crippen LogP contribution < -0.4 is 9.47 Å². The highest BCUT2D eigenvalue weighted by Crippen LogP contribution is 2.27. The fourth-order valence-corrected chi connectivity index (χ4v) is 2.57. The number of hydrogen-bond acceptors (Lipinski definition) is 4. The van der Waals surface area contributed by atoms with E-state index in [4.69, 9.17) is 14.6 Å². The van der Waals surface area contributed by atoms with E-state index in [-0.39, 0.29) is 11.5 Å². The van der Waals surface area contributed by atoms with Crippen molar-refractivity contribution in [1.82, 2.24) is 0 Å². The third-order valence-corrected chi connectivity index (χ3v) is 4.41. The predicted molar refractivity (Wildman–Crippen MR) is 103 cm³/mol. The van der Waals surface area contributed by atoms with Crippen LogP contribution in [0.3, 0.4) is 0 Å². The van der Waals surface area contributed by atoms with Crippen molar-refractivity contribution in [1.29, 1.82) is 0 Å². The van der Waals surface area contributed by atoms with Crippen molar-refractivity contribution in [2.45, 2.75) is 40.5 Å². The van der Waals surface area contributed by atoms with E-state index in [0.29, 0.717) is 25.2 Å². The number of aromatic carboxylic acids is 1. The van der Waals surface area contributed by atoms with Gasteiger partial charge in [-0.25, -0.2) is 4.79 Å². The Labute approximate surface area is 159 Å². The molecule has 0 heterocycles. The zero-order valence-electron chi connectivity index (χ0n) is 16.2. The van der Waals surface area contributed by atoms with Gasteiger partial charge in [0.1, 0.15) is 11.5 Å². The minimum absolute atomic E-state index is 0.151. The van der Waals surface area contributed by atoms with Gasteiger partial charge in [-0.1, -0.05) is 12.1 Å². The molecule has 0 aliphatic rings. The average molecular weight is 370 g/mol. The van der Waals surface area contributed by atoms with Gasteiger partial charge in [0, 0.05) is 0 Å². The molecule has 0 atom stereocenters. The molecule has 2 aromatic rings. The number of benzene rings is 2. The van der Waals surface area contributed by atoms with Gasteiger partial charge in [-0.05, 0) is 82.0 Å². The van der Waals surface area contributed by atoms with Gasteiger partial charge in [-0.2, -0.15) is 0 Å². The third kappa shape index (κ3) is 5.84. The quantitative estimate of drug-likeness (QED) is 0.411. The Morgan fingerprint density at radius 2 is 1.70 bits per heavy atom. The summed E-state index contributed by atoms with van der Waals surface area (Å²) in [6, 6.07) is 11.9. The number of carbonyl (C=O) groups excluding carboxylic acids is 1. The maximum atomic E-state index is 12.4. The summed E-state index contributed by atoms with van der Waals surface area (Å²) in [5, 5.41) is 8.90. The van der Waals surface area contributed by atoms with Gasteiger partial charge >= 0.3 is 11.9 Å². The first-order valence-electron chi connectivity index (χ1n) is 8.95. The van der Waals surface area contributed by atoms with Crippen LogP contribution in [-0.4, -0.2) is 23.7 Å². The Balaban J connectivity index is 1.84. The van der Waals surface area contributed by atoms with Crippen molar-refractivity contribution in [2.24, 2.45) is 5.41 Å². The second-order valence-corrected chi connectivity index (χ2v) is 7.32. The van der Waals surface area contributed by atoms with E-state index in [9.17, 15) is 9.59 Å². The number of rotatable bonds is 8. The monoisotopic (exact) mass is 370 g/mol. The molecule has 0 unspecified atom stereocenters. The molecular weight excluding hydrogens is 344 g/mol. The first-order valence-corrected chi connectivity index (χ1v) is 8.95. The van der Waals surface area contributed by atoms with Crippen molar-refractivity contribution >= 4 is 11.9 Å². The molecule has 0 saturated heterocycles. The molecular formula is C22H26O5. The van der Waals surface area contributed by atoms with E-state index in [2.05, 4.69) is 0 Å². The van der Waals surface area contributed by atoms with Crippen molar-refractivity contribution in [3.05, 3.63) is 59.2 Å². The van der Waals surface area contributed by atoms with Gasteiger partial charge in [0.05, 0.1) is 17.6 Å². The lowest BCUT2D eigenvalue weighted by atomic mass is 9.88. The topological polar surface area (TPSA) is 72.8 Å². The largest absolute Gasteiger partial charge is 0.493 e. The number of esters is 1. The first-order chi connectivity index (χ1) is 12.7. The molecule has 1 N–H and O–H groups in total. The molecule has 0 aliphatic carbocycles. The van der Waals surface area contributed by atoms with Gasteiger partial charge in [0.25, 0.3) is 0 Å². The lowest BCUT2D eigenvalue weighted by Crippen LogP contribution is -2.29. The summed E-state index contributed by atoms with van der Waals surface area (Å²) in [7, 11) is 0. The molecule has 2 rings (SSSR count). The van der Waals surface area contributed by atoms with E-state index in [0.717, 1.165) is 16.9 Å². The van der Waals surface area contributed by atoms with Crippen molar-refractivity contribution in [3.63, 3.8) is 0 Å². The Hall–Kier alpha value is -2.82. The van der Waals surface area contributed by atoms with Gasteiger partial charge < -0.3 is 14.6 Å². The molecule has 0 spiro atoms. The zero-order chi connectivity index (χ0) is 20.0. The molecule has 0 bridgehead atoms. The molecule has 5 heteroatoms. The Morgan fingerprint density at radius 3 is 2.33 bits per heavy atom. The molecule has 0 aliphatic heterocycles. The lowest BCUT2D eigenvalue weighted by molar-refractivity contribution is -0.144. The average Bonchev–Trinajstić information content (AvgIpc) is 2.62. The van der Waals surface area contributed by atoms with E-state index in [1.165, 1.54) is 24.3 Å². The molecule has 0 amide bonds. The van der Waals surface area contributed by atoms with Crippen LogP contribution in [0.1, 0.15) is 48.2 Å². The molecule has 0 fully saturated rings. The van der Waals surface area contributed by atoms with Crippen LogP contribution in [-0.2, 0) is 4.79 Å². The number of carboxylic acid groups (broad SMARTS) is 1. The maximum Gasteiger partial charge on any atom is 0.335 e. The Morgan fingerprint density at radius 1 is 1.04 bits per heavy atom. The van der Waals surface area contributed by atoms with Crippen LogP contribution in [0.15, 0.2) is 42.5 Å². The molecule has 5 nitrogen and oxygen atoms in total. The summed E-state index contributed by atoms with van der Waals surface area (Å²) in [5.74, 6) is -0.159. The highest BCUT2D eigenvalue weighted by Gasteiger charge is 2.29. The fraction of sp³-hybridized carbons (Fsp3) is 0.364. The third-order valence-electron chi connectivity index (χ3n) is 4.41. The number of aryl methyl sites for hydroxylation is 2. The molecule has 0 aromatic heterocycles. The summed E-state index contributed by atoms with van der Waals surface area (Å²) >= 11 is 0. The van der Waals surface area contributed by atoms with Crippen LogP contribution in [0.4, 0.5) is 0 Å². The summed E-state index contributed by atoms with van der Waals surface area (Å²) in [6.45, 7) is 8.21. The van der Waals surface area contributed by atoms with Gasteiger partial charge in [-0.15, -0.1) is 0 Å². The molecule has 144 valence electrons. The van der Waals surface area contributed by atoms with E-state index >= 15 is 0 Å². The SMILES string of the molecule is Cc1ccc(C)c(OCCCC(C)(C)C(=O)Oc2ccc(C(=O)O)cc2)c1. The van der Waals surface area contributed by atoms with Crippen molar-refractivity contribution < 1.29 is 24.2 Å². The second-order valence-electron chi connectivity index (χ2n) is 7.32.